The maximum absolute atomic E-state index is 12.6. The van der Waals surface area contributed by atoms with E-state index in [2.05, 4.69) is 9.88 Å². The first-order valence-electron chi connectivity index (χ1n) is 11.1. The molecular weight excluding hydrogens is 364 g/mol. The molecule has 0 saturated carbocycles. The van der Waals surface area contributed by atoms with Crippen molar-refractivity contribution in [2.45, 2.75) is 51.9 Å². The number of ether oxygens (including phenoxy) is 1. The molecule has 0 unspecified atom stereocenters. The van der Waals surface area contributed by atoms with E-state index in [1.807, 2.05) is 31.2 Å². The van der Waals surface area contributed by atoms with Crippen LogP contribution in [-0.2, 0) is 16.0 Å². The van der Waals surface area contributed by atoms with Gasteiger partial charge in [0.15, 0.2) is 5.43 Å². The van der Waals surface area contributed by atoms with Crippen LogP contribution in [0.2, 0.25) is 0 Å². The van der Waals surface area contributed by atoms with Crippen LogP contribution in [0.5, 0.6) is 0 Å². The van der Waals surface area contributed by atoms with Gasteiger partial charge in [-0.15, -0.1) is 0 Å². The number of amides is 1. The number of piperidine rings is 1. The minimum Gasteiger partial charge on any atom is -0.381 e. The molecule has 0 aliphatic carbocycles. The number of nitrogens with zero attached hydrogens (tertiary/aromatic N) is 1. The monoisotopic (exact) mass is 396 g/mol. The fourth-order valence-corrected chi connectivity index (χ4v) is 4.78. The first-order valence-corrected chi connectivity index (χ1v) is 11.1. The van der Waals surface area contributed by atoms with Crippen LogP contribution in [0.4, 0.5) is 0 Å². The third-order valence-corrected chi connectivity index (χ3v) is 6.82. The van der Waals surface area contributed by atoms with E-state index in [9.17, 15) is 9.59 Å². The number of carbonyl (C=O) groups excluding carboxylic acids is 1. The summed E-state index contributed by atoms with van der Waals surface area (Å²) in [6, 6.07) is 7.73. The maximum Gasteiger partial charge on any atom is 0.222 e. The molecule has 2 saturated heterocycles. The molecule has 4 rings (SSSR count). The number of aromatic amines is 1. The van der Waals surface area contributed by atoms with Gasteiger partial charge in [-0.1, -0.05) is 12.1 Å². The molecule has 1 aromatic carbocycles. The summed E-state index contributed by atoms with van der Waals surface area (Å²) in [6.45, 7) is 5.28. The average molecular weight is 397 g/mol. The number of H-pyrrole nitrogens is 1. The number of benzene rings is 1. The van der Waals surface area contributed by atoms with E-state index < -0.39 is 0 Å². The summed E-state index contributed by atoms with van der Waals surface area (Å²) in [5, 5.41) is 0.769. The fourth-order valence-electron chi connectivity index (χ4n) is 4.78. The Bertz CT molecular complexity index is 906. The van der Waals surface area contributed by atoms with E-state index in [4.69, 9.17) is 4.74 Å². The predicted molar refractivity (Wildman–Crippen MR) is 115 cm³/mol. The molecule has 1 aromatic heterocycles. The Labute approximate surface area is 172 Å². The Morgan fingerprint density at radius 1 is 1.10 bits per heavy atom. The van der Waals surface area contributed by atoms with Gasteiger partial charge >= 0.3 is 0 Å². The smallest absolute Gasteiger partial charge is 0.222 e. The minimum absolute atomic E-state index is 0.142. The van der Waals surface area contributed by atoms with Crippen molar-refractivity contribution in [3.63, 3.8) is 0 Å². The van der Waals surface area contributed by atoms with Gasteiger partial charge < -0.3 is 14.6 Å². The summed E-state index contributed by atoms with van der Waals surface area (Å²) in [4.78, 5) is 30.8. The number of nitrogens with one attached hydrogen (secondary N) is 1. The Morgan fingerprint density at radius 2 is 1.83 bits per heavy atom. The van der Waals surface area contributed by atoms with Crippen LogP contribution in [0.1, 0.15) is 49.8 Å². The Morgan fingerprint density at radius 3 is 2.59 bits per heavy atom. The topological polar surface area (TPSA) is 62.4 Å². The van der Waals surface area contributed by atoms with Crippen LogP contribution in [-0.4, -0.2) is 42.1 Å². The fraction of sp³-hybridized carbons (Fsp3) is 0.583. The number of aryl methyl sites for hydroxylation is 1. The van der Waals surface area contributed by atoms with Crippen molar-refractivity contribution in [3.8, 4) is 0 Å². The zero-order valence-electron chi connectivity index (χ0n) is 17.4. The highest BCUT2D eigenvalue weighted by molar-refractivity contribution is 5.79. The molecule has 2 aromatic rings. The zero-order chi connectivity index (χ0) is 20.2. The number of likely N-dealkylation sites (tertiary alicyclic amines) is 1. The second-order valence-corrected chi connectivity index (χ2v) is 8.73. The number of para-hydroxylation sites is 1. The number of hydrogen-bond donors (Lipinski definition) is 1. The number of hydrogen-bond acceptors (Lipinski definition) is 3. The molecule has 0 atom stereocenters. The van der Waals surface area contributed by atoms with Crippen molar-refractivity contribution in [2.75, 3.05) is 26.3 Å². The van der Waals surface area contributed by atoms with E-state index in [0.717, 1.165) is 87.0 Å². The number of pyridine rings is 1. The molecule has 29 heavy (non-hydrogen) atoms. The number of aromatic nitrogens is 1. The summed E-state index contributed by atoms with van der Waals surface area (Å²) < 4.78 is 5.40. The first kappa shape index (κ1) is 20.1. The number of rotatable bonds is 5. The van der Waals surface area contributed by atoms with Gasteiger partial charge in [0.2, 0.25) is 5.91 Å². The summed E-state index contributed by atoms with van der Waals surface area (Å²) >= 11 is 0. The molecule has 5 nitrogen and oxygen atoms in total. The summed E-state index contributed by atoms with van der Waals surface area (Å²) in [6.07, 6.45) is 6.82. The van der Waals surface area contributed by atoms with Crippen molar-refractivity contribution in [2.24, 2.45) is 11.8 Å². The van der Waals surface area contributed by atoms with Crippen LogP contribution in [0.15, 0.2) is 29.1 Å². The lowest BCUT2D eigenvalue weighted by molar-refractivity contribution is -0.134. The highest BCUT2D eigenvalue weighted by Gasteiger charge is 2.25. The quantitative estimate of drug-likeness (QED) is 0.836. The van der Waals surface area contributed by atoms with E-state index >= 15 is 0 Å². The van der Waals surface area contributed by atoms with Gasteiger partial charge in [0.25, 0.3) is 0 Å². The lowest BCUT2D eigenvalue weighted by atomic mass is 9.90. The van der Waals surface area contributed by atoms with Gasteiger partial charge in [-0.3, -0.25) is 9.59 Å². The molecule has 1 amide bonds. The standard InChI is InChI=1S/C24H32N2O3/c1-17-21(25-22-5-3-2-4-20(22)24(17)28)7-6-18-8-12-26(13-9-18)23(27)16-19-10-14-29-15-11-19/h2-5,18-19H,6-16H2,1H3,(H,25,28). The largest absolute Gasteiger partial charge is 0.381 e. The summed E-state index contributed by atoms with van der Waals surface area (Å²) in [5.41, 5.74) is 2.97. The van der Waals surface area contributed by atoms with Gasteiger partial charge in [-0.25, -0.2) is 0 Å². The molecule has 5 heteroatoms. The molecule has 1 N–H and O–H groups in total. The van der Waals surface area contributed by atoms with Gasteiger partial charge in [-0.05, 0) is 69.4 Å². The molecule has 156 valence electrons. The predicted octanol–water partition coefficient (Wildman–Crippen LogP) is 3.82. The molecular formula is C24H32N2O3. The lowest BCUT2D eigenvalue weighted by Gasteiger charge is -2.33. The Kier molecular flexibility index (Phi) is 6.34. The highest BCUT2D eigenvalue weighted by atomic mass is 16.5. The second kappa shape index (κ2) is 9.12. The summed E-state index contributed by atoms with van der Waals surface area (Å²) in [5.74, 6) is 1.45. The molecule has 2 fully saturated rings. The van der Waals surface area contributed by atoms with Crippen molar-refractivity contribution < 1.29 is 9.53 Å². The average Bonchev–Trinajstić information content (AvgIpc) is 2.76. The molecule has 2 aliphatic heterocycles. The third kappa shape index (κ3) is 4.72. The molecule has 3 heterocycles. The Hall–Kier alpha value is -2.14. The van der Waals surface area contributed by atoms with E-state index in [1.165, 1.54) is 0 Å². The molecule has 2 aliphatic rings. The molecule has 0 spiro atoms. The van der Waals surface area contributed by atoms with Crippen LogP contribution in [0, 0.1) is 18.8 Å². The van der Waals surface area contributed by atoms with Crippen molar-refractivity contribution in [1.29, 1.82) is 0 Å². The van der Waals surface area contributed by atoms with Gasteiger partial charge in [0.05, 0.1) is 0 Å². The molecule has 0 radical (unpaired) electrons. The SMILES string of the molecule is Cc1c(CCC2CCN(C(=O)CC3CCOCC3)CC2)[nH]c2ccccc2c1=O. The van der Waals surface area contributed by atoms with Crippen LogP contribution < -0.4 is 5.43 Å². The van der Waals surface area contributed by atoms with Crippen molar-refractivity contribution in [3.05, 3.63) is 45.7 Å². The van der Waals surface area contributed by atoms with Gasteiger partial charge in [0, 0.05) is 54.9 Å². The van der Waals surface area contributed by atoms with E-state index in [-0.39, 0.29) is 5.43 Å². The molecule has 0 bridgehead atoms. The summed E-state index contributed by atoms with van der Waals surface area (Å²) in [7, 11) is 0. The van der Waals surface area contributed by atoms with Crippen molar-refractivity contribution in [1.82, 2.24) is 9.88 Å². The normalized spacial score (nSPS) is 19.0. The third-order valence-electron chi connectivity index (χ3n) is 6.82. The van der Waals surface area contributed by atoms with Crippen LogP contribution >= 0.6 is 0 Å². The van der Waals surface area contributed by atoms with Gasteiger partial charge in [0.1, 0.15) is 0 Å². The van der Waals surface area contributed by atoms with Crippen LogP contribution in [0.25, 0.3) is 10.9 Å². The van der Waals surface area contributed by atoms with E-state index in [0.29, 0.717) is 24.2 Å². The number of fused-ring (bicyclic) bond motifs is 1. The lowest BCUT2D eigenvalue weighted by Crippen LogP contribution is -2.39. The van der Waals surface area contributed by atoms with E-state index in [1.54, 1.807) is 0 Å². The zero-order valence-corrected chi connectivity index (χ0v) is 17.4. The number of carbonyl (C=O) groups is 1. The van der Waals surface area contributed by atoms with Gasteiger partial charge in [-0.2, -0.15) is 0 Å². The highest BCUT2D eigenvalue weighted by Crippen LogP contribution is 2.25. The maximum atomic E-state index is 12.6. The first-order chi connectivity index (χ1) is 14.1. The van der Waals surface area contributed by atoms with Crippen molar-refractivity contribution >= 4 is 16.8 Å². The second-order valence-electron chi connectivity index (χ2n) is 8.73. The van der Waals surface area contributed by atoms with Crippen LogP contribution in [0.3, 0.4) is 0 Å². The minimum atomic E-state index is 0.142. The Balaban J connectivity index is 1.29.